The van der Waals surface area contributed by atoms with Crippen LogP contribution in [-0.4, -0.2) is 41.4 Å². The average Bonchev–Trinajstić information content (AvgIpc) is 3.20. The van der Waals surface area contributed by atoms with Gasteiger partial charge in [-0.1, -0.05) is 13.8 Å². The first-order chi connectivity index (χ1) is 12.8. The molecule has 0 aromatic heterocycles. The molecule has 5 fully saturated rings. The zero-order valence-electron chi connectivity index (χ0n) is 17.3. The molecule has 0 radical (unpaired) electrons. The van der Waals surface area contributed by atoms with Crippen molar-refractivity contribution >= 4 is 0 Å². The van der Waals surface area contributed by atoms with Crippen LogP contribution < -0.4 is 0 Å². The summed E-state index contributed by atoms with van der Waals surface area (Å²) in [5.41, 5.74) is 0.283. The molecule has 2 N–H and O–H groups in total. The first kappa shape index (κ1) is 18.8. The van der Waals surface area contributed by atoms with Gasteiger partial charge in [-0.25, -0.2) is 0 Å². The lowest BCUT2D eigenvalue weighted by Gasteiger charge is -2.63. The summed E-state index contributed by atoms with van der Waals surface area (Å²) in [5.74, 6) is 2.48. The molecule has 2 unspecified atom stereocenters. The van der Waals surface area contributed by atoms with E-state index in [1.165, 1.54) is 38.5 Å². The molecular weight excluding hydrogens is 340 g/mol. The molecule has 4 heteroatoms. The molecule has 27 heavy (non-hydrogen) atoms. The Kier molecular flexibility index (Phi) is 4.30. The summed E-state index contributed by atoms with van der Waals surface area (Å²) in [4.78, 5) is 0. The Labute approximate surface area is 164 Å². The first-order valence-corrected chi connectivity index (χ1v) is 11.4. The second-order valence-corrected chi connectivity index (χ2v) is 11.0. The van der Waals surface area contributed by atoms with Crippen LogP contribution in [0.1, 0.15) is 72.1 Å². The number of hydrogen-bond acceptors (Lipinski definition) is 4. The molecule has 4 saturated carbocycles. The molecule has 1 heterocycles. The van der Waals surface area contributed by atoms with Crippen LogP contribution in [0.3, 0.4) is 0 Å². The van der Waals surface area contributed by atoms with Gasteiger partial charge >= 0.3 is 0 Å². The molecule has 4 nitrogen and oxygen atoms in total. The van der Waals surface area contributed by atoms with Gasteiger partial charge in [-0.2, -0.15) is 0 Å². The van der Waals surface area contributed by atoms with Gasteiger partial charge in [0.1, 0.15) is 0 Å². The maximum atomic E-state index is 11.4. The molecule has 1 saturated heterocycles. The zero-order chi connectivity index (χ0) is 19.0. The Bertz CT molecular complexity index is 585. The normalized spacial score (nSPS) is 55.0. The zero-order valence-corrected chi connectivity index (χ0v) is 17.3. The van der Waals surface area contributed by atoms with E-state index >= 15 is 0 Å². The SMILES string of the molecule is C[C@H](O)[C@H]1CC[C@H]2[C@@H]3CCC4CC5(CC(O)[C@]4(C)[C@H]3CC[C@]12C)OCCO5. The molecule has 0 aromatic carbocycles. The molecule has 1 aliphatic heterocycles. The Balaban J connectivity index is 1.43. The minimum atomic E-state index is -0.510. The van der Waals surface area contributed by atoms with Crippen LogP contribution in [0.4, 0.5) is 0 Å². The van der Waals surface area contributed by atoms with E-state index in [2.05, 4.69) is 13.8 Å². The van der Waals surface area contributed by atoms with Crippen molar-refractivity contribution in [1.29, 1.82) is 0 Å². The van der Waals surface area contributed by atoms with Gasteiger partial charge in [0.2, 0.25) is 0 Å². The molecular formula is C23H38O4. The summed E-state index contributed by atoms with van der Waals surface area (Å²) in [6.07, 6.45) is 8.40. The Hall–Kier alpha value is -0.160. The summed E-state index contributed by atoms with van der Waals surface area (Å²) in [5, 5.41) is 21.8. The van der Waals surface area contributed by atoms with Gasteiger partial charge in [-0.15, -0.1) is 0 Å². The monoisotopic (exact) mass is 378 g/mol. The van der Waals surface area contributed by atoms with Gasteiger partial charge in [-0.3, -0.25) is 0 Å². The lowest BCUT2D eigenvalue weighted by atomic mass is 9.43. The van der Waals surface area contributed by atoms with Gasteiger partial charge < -0.3 is 19.7 Å². The van der Waals surface area contributed by atoms with Crippen LogP contribution in [0.2, 0.25) is 0 Å². The van der Waals surface area contributed by atoms with E-state index < -0.39 is 5.79 Å². The second-order valence-electron chi connectivity index (χ2n) is 11.0. The fraction of sp³-hybridized carbons (Fsp3) is 1.00. The van der Waals surface area contributed by atoms with Crippen LogP contribution in [0.5, 0.6) is 0 Å². The second kappa shape index (κ2) is 6.17. The van der Waals surface area contributed by atoms with Crippen molar-refractivity contribution in [3.8, 4) is 0 Å². The van der Waals surface area contributed by atoms with E-state index in [-0.39, 0.29) is 23.0 Å². The third-order valence-corrected chi connectivity index (χ3v) is 10.2. The summed E-state index contributed by atoms with van der Waals surface area (Å²) >= 11 is 0. The maximum absolute atomic E-state index is 11.4. The van der Waals surface area contributed by atoms with Crippen molar-refractivity contribution in [2.24, 2.45) is 40.4 Å². The lowest BCUT2D eigenvalue weighted by molar-refractivity contribution is -0.264. The summed E-state index contributed by atoms with van der Waals surface area (Å²) in [6.45, 7) is 8.17. The van der Waals surface area contributed by atoms with Gasteiger partial charge in [0.05, 0.1) is 25.4 Å². The number of ether oxygens (including phenoxy) is 2. The predicted octanol–water partition coefficient (Wildman–Crippen LogP) is 3.74. The van der Waals surface area contributed by atoms with Crippen molar-refractivity contribution in [2.75, 3.05) is 13.2 Å². The van der Waals surface area contributed by atoms with Crippen LogP contribution in [0.25, 0.3) is 0 Å². The number of aliphatic hydroxyl groups excluding tert-OH is 2. The van der Waals surface area contributed by atoms with E-state index in [4.69, 9.17) is 9.47 Å². The van der Waals surface area contributed by atoms with Crippen LogP contribution >= 0.6 is 0 Å². The highest BCUT2D eigenvalue weighted by atomic mass is 16.7. The number of fused-ring (bicyclic) bond motifs is 5. The predicted molar refractivity (Wildman–Crippen MR) is 103 cm³/mol. The smallest absolute Gasteiger partial charge is 0.171 e. The molecule has 9 atom stereocenters. The van der Waals surface area contributed by atoms with Gasteiger partial charge in [0, 0.05) is 12.8 Å². The van der Waals surface area contributed by atoms with Crippen molar-refractivity contribution in [2.45, 2.75) is 90.1 Å². The molecule has 5 rings (SSSR count). The molecule has 4 aliphatic carbocycles. The first-order valence-electron chi connectivity index (χ1n) is 11.4. The third-order valence-electron chi connectivity index (χ3n) is 10.2. The molecule has 0 bridgehead atoms. The van der Waals surface area contributed by atoms with Gasteiger partial charge in [0.25, 0.3) is 0 Å². The molecule has 154 valence electrons. The van der Waals surface area contributed by atoms with Crippen molar-refractivity contribution in [1.82, 2.24) is 0 Å². The van der Waals surface area contributed by atoms with Gasteiger partial charge in [-0.05, 0) is 85.9 Å². The van der Waals surface area contributed by atoms with E-state index in [1.807, 2.05) is 6.92 Å². The van der Waals surface area contributed by atoms with Crippen LogP contribution in [-0.2, 0) is 9.47 Å². The van der Waals surface area contributed by atoms with Crippen molar-refractivity contribution in [3.05, 3.63) is 0 Å². The highest BCUT2D eigenvalue weighted by Crippen LogP contribution is 2.68. The molecule has 1 spiro atoms. The Morgan fingerprint density at radius 1 is 0.926 bits per heavy atom. The Morgan fingerprint density at radius 2 is 1.67 bits per heavy atom. The average molecular weight is 379 g/mol. The van der Waals surface area contributed by atoms with Gasteiger partial charge in [0.15, 0.2) is 5.79 Å². The topological polar surface area (TPSA) is 58.9 Å². The van der Waals surface area contributed by atoms with Crippen LogP contribution in [0.15, 0.2) is 0 Å². The molecule has 0 amide bonds. The van der Waals surface area contributed by atoms with E-state index in [9.17, 15) is 10.2 Å². The molecule has 0 aromatic rings. The largest absolute Gasteiger partial charge is 0.393 e. The number of aliphatic hydroxyl groups is 2. The van der Waals surface area contributed by atoms with E-state index in [0.717, 1.165) is 12.3 Å². The fourth-order valence-electron chi connectivity index (χ4n) is 8.85. The lowest BCUT2D eigenvalue weighted by Crippen LogP contribution is -2.62. The summed E-state index contributed by atoms with van der Waals surface area (Å²) < 4.78 is 12.0. The summed E-state index contributed by atoms with van der Waals surface area (Å²) in [6, 6.07) is 0. The van der Waals surface area contributed by atoms with Crippen LogP contribution in [0, 0.1) is 40.4 Å². The van der Waals surface area contributed by atoms with E-state index in [1.54, 1.807) is 0 Å². The Morgan fingerprint density at radius 3 is 2.37 bits per heavy atom. The third kappa shape index (κ3) is 2.49. The summed E-state index contributed by atoms with van der Waals surface area (Å²) in [7, 11) is 0. The number of rotatable bonds is 1. The maximum Gasteiger partial charge on any atom is 0.171 e. The highest BCUT2D eigenvalue weighted by molar-refractivity contribution is 5.12. The minimum Gasteiger partial charge on any atom is -0.393 e. The fourth-order valence-corrected chi connectivity index (χ4v) is 8.85. The van der Waals surface area contributed by atoms with E-state index in [0.29, 0.717) is 43.3 Å². The van der Waals surface area contributed by atoms with Crippen molar-refractivity contribution < 1.29 is 19.7 Å². The highest BCUT2D eigenvalue weighted by Gasteiger charge is 2.65. The quantitative estimate of drug-likeness (QED) is 0.730. The number of hydrogen-bond donors (Lipinski definition) is 2. The van der Waals surface area contributed by atoms with Crippen molar-refractivity contribution in [3.63, 3.8) is 0 Å². The standard InChI is InChI=1S/C23H38O4/c1-14(24)17-6-7-18-16-5-4-15-12-23(26-10-11-27-23)13-20(25)22(15,3)19(16)8-9-21(17,18)2/h14-20,24-25H,4-13H2,1-3H3/t14-,15?,16-,17+,18-,19-,20?,21+,22-/m0/s1. The minimum absolute atomic E-state index is 0.00623. The molecule has 5 aliphatic rings.